The number of benzene rings is 5. The van der Waals surface area contributed by atoms with E-state index in [1.807, 2.05) is 62.4 Å². The normalized spacial score (nSPS) is 14.8. The maximum Gasteiger partial charge on any atom is 0.159 e. The molecule has 0 heterocycles. The summed E-state index contributed by atoms with van der Waals surface area (Å²) < 4.78 is 0. The Balaban J connectivity index is 0.000000199. The number of hydrogen-bond donors (Lipinski definition) is 0. The number of carbonyl (C=O) groups is 2. The molecular formula is C45H52O2S3. The second-order valence-corrected chi connectivity index (χ2v) is 16.0. The van der Waals surface area contributed by atoms with Gasteiger partial charge in [-0.1, -0.05) is 122 Å². The molecule has 0 radical (unpaired) electrons. The van der Waals surface area contributed by atoms with Crippen LogP contribution in [0.25, 0.3) is 0 Å². The molecule has 0 atom stereocenters. The van der Waals surface area contributed by atoms with Crippen LogP contribution in [0.3, 0.4) is 0 Å². The van der Waals surface area contributed by atoms with E-state index >= 15 is 0 Å². The van der Waals surface area contributed by atoms with Gasteiger partial charge in [0.05, 0.1) is 0 Å². The molecule has 5 aromatic rings. The van der Waals surface area contributed by atoms with Gasteiger partial charge in [-0.2, -0.15) is 0 Å². The first-order chi connectivity index (χ1) is 24.1. The smallest absolute Gasteiger partial charge is 0.159 e. The standard InChI is InChI=1S/2C15H14OS.C13H18S.C2H6/c2*1-11-3-7-14(8-4-11)17-15-9-5-13(6-10-15)12(2)16;1-11-7-9-13(10-8-11)14-12-5-3-2-4-6-12;1-2/h2*3-10H,1-2H3;2-6,11,13H,7-10H2,1H3;1-2H3. The lowest BCUT2D eigenvalue weighted by Gasteiger charge is -2.25. The molecule has 0 aliphatic heterocycles. The van der Waals surface area contributed by atoms with E-state index in [9.17, 15) is 9.59 Å². The average Bonchev–Trinajstić information content (AvgIpc) is 3.14. The van der Waals surface area contributed by atoms with Crippen molar-refractivity contribution in [1.82, 2.24) is 0 Å². The number of rotatable bonds is 8. The summed E-state index contributed by atoms with van der Waals surface area (Å²) in [7, 11) is 0. The number of ketones is 2. The Labute approximate surface area is 314 Å². The first-order valence-corrected chi connectivity index (χ1v) is 20.1. The summed E-state index contributed by atoms with van der Waals surface area (Å²) in [5.74, 6) is 1.18. The predicted octanol–water partition coefficient (Wildman–Crippen LogP) is 14.1. The van der Waals surface area contributed by atoms with Crippen LogP contribution in [0.2, 0.25) is 0 Å². The van der Waals surface area contributed by atoms with Gasteiger partial charge in [0.2, 0.25) is 0 Å². The Kier molecular flexibility index (Phi) is 18.3. The van der Waals surface area contributed by atoms with Crippen LogP contribution < -0.4 is 0 Å². The Morgan fingerprint density at radius 2 is 0.820 bits per heavy atom. The van der Waals surface area contributed by atoms with Crippen molar-refractivity contribution in [1.29, 1.82) is 0 Å². The van der Waals surface area contributed by atoms with E-state index in [4.69, 9.17) is 0 Å². The summed E-state index contributed by atoms with van der Waals surface area (Å²) in [5, 5.41) is 0.869. The molecule has 0 saturated heterocycles. The van der Waals surface area contributed by atoms with Crippen molar-refractivity contribution < 1.29 is 9.59 Å². The summed E-state index contributed by atoms with van der Waals surface area (Å²) in [6.45, 7) is 13.7. The third-order valence-electron chi connectivity index (χ3n) is 8.04. The Morgan fingerprint density at radius 3 is 1.16 bits per heavy atom. The van der Waals surface area contributed by atoms with Gasteiger partial charge in [-0.15, -0.1) is 11.8 Å². The molecule has 0 N–H and O–H groups in total. The van der Waals surface area contributed by atoms with Gasteiger partial charge in [-0.3, -0.25) is 9.59 Å². The SMILES string of the molecule is CC.CC(=O)c1ccc(Sc2ccc(C)cc2)cc1.CC(=O)c1ccc(Sc2ccc(C)cc2)cc1.CC1CCC(Sc2ccccc2)CC1. The summed E-state index contributed by atoms with van der Waals surface area (Å²) in [6, 6.07) is 43.1. The molecule has 0 unspecified atom stereocenters. The zero-order chi connectivity index (χ0) is 36.3. The highest BCUT2D eigenvalue weighted by molar-refractivity contribution is 8.00. The fourth-order valence-corrected chi connectivity index (χ4v) is 7.88. The van der Waals surface area contributed by atoms with Gasteiger partial charge in [0.15, 0.2) is 11.6 Å². The first kappa shape index (κ1) is 40.9. The summed E-state index contributed by atoms with van der Waals surface area (Å²) in [6.07, 6.45) is 5.65. The van der Waals surface area contributed by atoms with Gasteiger partial charge in [0.25, 0.3) is 0 Å². The van der Waals surface area contributed by atoms with Gasteiger partial charge in [0.1, 0.15) is 0 Å². The lowest BCUT2D eigenvalue weighted by Crippen LogP contribution is -2.13. The van der Waals surface area contributed by atoms with Gasteiger partial charge in [-0.05, 0) is 120 Å². The van der Waals surface area contributed by atoms with E-state index < -0.39 is 0 Å². The van der Waals surface area contributed by atoms with E-state index in [-0.39, 0.29) is 11.6 Å². The predicted molar refractivity (Wildman–Crippen MR) is 219 cm³/mol. The molecule has 0 spiro atoms. The molecule has 2 nitrogen and oxygen atoms in total. The lowest BCUT2D eigenvalue weighted by atomic mass is 9.91. The minimum Gasteiger partial charge on any atom is -0.295 e. The zero-order valence-electron chi connectivity index (χ0n) is 30.6. The maximum absolute atomic E-state index is 11.1. The minimum atomic E-state index is 0.108. The molecule has 0 bridgehead atoms. The van der Waals surface area contributed by atoms with E-state index in [0.29, 0.717) is 0 Å². The Hall–Kier alpha value is -3.51. The van der Waals surface area contributed by atoms with Crippen LogP contribution in [0.15, 0.2) is 152 Å². The van der Waals surface area contributed by atoms with Crippen molar-refractivity contribution in [2.24, 2.45) is 5.92 Å². The number of hydrogen-bond acceptors (Lipinski definition) is 5. The molecule has 1 fully saturated rings. The summed E-state index contributed by atoms with van der Waals surface area (Å²) in [5.41, 5.74) is 4.05. The molecule has 1 saturated carbocycles. The Bertz CT molecular complexity index is 1590. The molecular weight excluding hydrogens is 669 g/mol. The van der Waals surface area contributed by atoms with E-state index in [1.165, 1.54) is 51.5 Å². The molecule has 262 valence electrons. The van der Waals surface area contributed by atoms with Crippen molar-refractivity contribution in [2.45, 2.75) is 104 Å². The first-order valence-electron chi connectivity index (χ1n) is 17.6. The largest absolute Gasteiger partial charge is 0.295 e. The number of aryl methyl sites for hydroxylation is 2. The molecule has 5 heteroatoms. The number of carbonyl (C=O) groups excluding carboxylic acids is 2. The third-order valence-corrected chi connectivity index (χ3v) is 11.4. The van der Waals surface area contributed by atoms with E-state index in [2.05, 4.69) is 111 Å². The highest BCUT2D eigenvalue weighted by atomic mass is 32.2. The van der Waals surface area contributed by atoms with Gasteiger partial charge in [0, 0.05) is 40.9 Å². The second-order valence-electron chi connectivity index (χ2n) is 12.3. The van der Waals surface area contributed by atoms with Gasteiger partial charge < -0.3 is 0 Å². The van der Waals surface area contributed by atoms with Gasteiger partial charge in [-0.25, -0.2) is 0 Å². The number of thioether (sulfide) groups is 1. The molecule has 5 aromatic carbocycles. The van der Waals surface area contributed by atoms with Crippen LogP contribution in [-0.2, 0) is 0 Å². The molecule has 50 heavy (non-hydrogen) atoms. The van der Waals surface area contributed by atoms with Crippen molar-refractivity contribution in [3.05, 3.63) is 150 Å². The summed E-state index contributed by atoms with van der Waals surface area (Å²) in [4.78, 5) is 28.5. The summed E-state index contributed by atoms with van der Waals surface area (Å²) >= 11 is 5.48. The lowest BCUT2D eigenvalue weighted by molar-refractivity contribution is 0.100. The molecule has 6 rings (SSSR count). The number of Topliss-reactive ketones (excluding diaryl/α,β-unsaturated/α-hetero) is 2. The molecule has 0 amide bonds. The van der Waals surface area contributed by atoms with Crippen molar-refractivity contribution in [3.63, 3.8) is 0 Å². The van der Waals surface area contributed by atoms with Crippen LogP contribution in [-0.4, -0.2) is 16.8 Å². The fourth-order valence-electron chi connectivity index (χ4n) is 5.04. The monoisotopic (exact) mass is 720 g/mol. The minimum absolute atomic E-state index is 0.108. The highest BCUT2D eigenvalue weighted by Crippen LogP contribution is 2.35. The van der Waals surface area contributed by atoms with E-state index in [1.54, 1.807) is 37.4 Å². The zero-order valence-corrected chi connectivity index (χ0v) is 33.1. The van der Waals surface area contributed by atoms with Crippen LogP contribution in [0.1, 0.15) is 92.1 Å². The molecule has 1 aliphatic carbocycles. The topological polar surface area (TPSA) is 34.1 Å². The molecule has 1 aliphatic rings. The Morgan fingerprint density at radius 1 is 0.480 bits per heavy atom. The van der Waals surface area contributed by atoms with Crippen LogP contribution in [0, 0.1) is 19.8 Å². The van der Waals surface area contributed by atoms with Crippen molar-refractivity contribution in [2.75, 3.05) is 0 Å². The van der Waals surface area contributed by atoms with Gasteiger partial charge >= 0.3 is 0 Å². The van der Waals surface area contributed by atoms with Crippen LogP contribution in [0.5, 0.6) is 0 Å². The van der Waals surface area contributed by atoms with E-state index in [0.717, 1.165) is 32.1 Å². The highest BCUT2D eigenvalue weighted by Gasteiger charge is 2.18. The molecule has 0 aromatic heterocycles. The van der Waals surface area contributed by atoms with Crippen LogP contribution in [0.4, 0.5) is 0 Å². The quantitative estimate of drug-likeness (QED) is 0.149. The average molecular weight is 721 g/mol. The second kappa shape index (κ2) is 22.3. The van der Waals surface area contributed by atoms with Crippen LogP contribution >= 0.6 is 35.3 Å². The van der Waals surface area contributed by atoms with Crippen molar-refractivity contribution >= 4 is 46.9 Å². The fraction of sp³-hybridized carbons (Fsp3) is 0.289. The third kappa shape index (κ3) is 15.2. The van der Waals surface area contributed by atoms with Crippen molar-refractivity contribution in [3.8, 4) is 0 Å². The maximum atomic E-state index is 11.1.